The van der Waals surface area contributed by atoms with Crippen molar-refractivity contribution in [3.05, 3.63) is 57.4 Å². The summed E-state index contributed by atoms with van der Waals surface area (Å²) in [5, 5.41) is 6.14. The highest BCUT2D eigenvalue weighted by Crippen LogP contribution is 2.33. The molecule has 1 aromatic carbocycles. The highest BCUT2D eigenvalue weighted by Gasteiger charge is 2.24. The first kappa shape index (κ1) is 21.7. The molecule has 0 aliphatic heterocycles. The van der Waals surface area contributed by atoms with Crippen molar-refractivity contribution in [3.63, 3.8) is 0 Å². The molecule has 2 heterocycles. The number of rotatable bonds is 3. The molecule has 0 bridgehead atoms. The number of thiophene rings is 1. The lowest BCUT2D eigenvalue weighted by atomic mass is 9.87. The summed E-state index contributed by atoms with van der Waals surface area (Å²) in [5.41, 5.74) is 9.91. The van der Waals surface area contributed by atoms with Crippen LogP contribution in [-0.4, -0.2) is 10.9 Å². The molecule has 0 radical (unpaired) electrons. The number of carbonyl (C=O) groups excluding carboxylic acids is 1. The van der Waals surface area contributed by atoms with Crippen molar-refractivity contribution in [1.82, 2.24) is 10.3 Å². The van der Waals surface area contributed by atoms with Gasteiger partial charge in [0.2, 0.25) is 0 Å². The van der Waals surface area contributed by atoms with E-state index in [1.807, 2.05) is 42.6 Å². The summed E-state index contributed by atoms with van der Waals surface area (Å²) in [4.78, 5) is 19.2. The quantitative estimate of drug-likeness (QED) is 0.533. The lowest BCUT2D eigenvalue weighted by Gasteiger charge is -2.26. The van der Waals surface area contributed by atoms with E-state index in [4.69, 9.17) is 5.73 Å². The number of fused-ring (bicyclic) bond motifs is 1. The van der Waals surface area contributed by atoms with Gasteiger partial charge in [-0.15, -0.1) is 47.5 Å². The minimum absolute atomic E-state index is 0. The molecule has 27 heavy (non-hydrogen) atoms. The van der Waals surface area contributed by atoms with Crippen LogP contribution in [0.5, 0.6) is 0 Å². The maximum absolute atomic E-state index is 12.8. The minimum Gasteiger partial charge on any atom is -0.399 e. The number of aromatic nitrogens is 1. The van der Waals surface area contributed by atoms with Crippen LogP contribution in [0.2, 0.25) is 0 Å². The van der Waals surface area contributed by atoms with Crippen LogP contribution in [0, 0.1) is 6.92 Å². The predicted molar refractivity (Wildman–Crippen MR) is 119 cm³/mol. The number of aryl methyl sites for hydroxylation is 2. The van der Waals surface area contributed by atoms with E-state index in [0.717, 1.165) is 40.5 Å². The van der Waals surface area contributed by atoms with Gasteiger partial charge in [0.05, 0.1) is 16.6 Å². The third kappa shape index (κ3) is 4.46. The number of nitrogen functional groups attached to an aromatic ring is 1. The van der Waals surface area contributed by atoms with Gasteiger partial charge in [0.25, 0.3) is 5.91 Å². The molecule has 8 heteroatoms. The molecule has 144 valence electrons. The Balaban J connectivity index is 0.00000131. The molecule has 1 amide bonds. The van der Waals surface area contributed by atoms with Crippen LogP contribution in [0.4, 0.5) is 5.69 Å². The number of anilines is 1. The van der Waals surface area contributed by atoms with Gasteiger partial charge in [-0.25, -0.2) is 4.98 Å². The number of nitrogens with one attached hydrogen (secondary N) is 1. The molecule has 3 N–H and O–H groups in total. The molecule has 3 aromatic rings. The van der Waals surface area contributed by atoms with E-state index in [9.17, 15) is 4.79 Å². The third-order valence-electron chi connectivity index (χ3n) is 4.52. The van der Waals surface area contributed by atoms with E-state index in [1.165, 1.54) is 22.5 Å². The van der Waals surface area contributed by atoms with Gasteiger partial charge in [0.1, 0.15) is 9.88 Å². The van der Waals surface area contributed by atoms with Crippen molar-refractivity contribution in [2.45, 2.75) is 32.2 Å². The molecule has 0 saturated heterocycles. The first-order valence-corrected chi connectivity index (χ1v) is 10.0. The number of thiazole rings is 1. The molecular formula is C19H21Cl2N3OS2. The zero-order valence-electron chi connectivity index (χ0n) is 14.7. The molecule has 0 fully saturated rings. The number of hydrogen-bond acceptors (Lipinski definition) is 5. The lowest BCUT2D eigenvalue weighted by Crippen LogP contribution is -2.30. The largest absolute Gasteiger partial charge is 0.399 e. The van der Waals surface area contributed by atoms with Crippen molar-refractivity contribution in [1.29, 1.82) is 0 Å². The second kappa shape index (κ2) is 9.06. The van der Waals surface area contributed by atoms with E-state index in [1.54, 1.807) is 11.3 Å². The van der Waals surface area contributed by atoms with Crippen LogP contribution in [0.25, 0.3) is 9.88 Å². The topological polar surface area (TPSA) is 68.0 Å². The maximum atomic E-state index is 12.8. The molecule has 0 spiro atoms. The summed E-state index contributed by atoms with van der Waals surface area (Å²) in [5.74, 6) is -0.0347. The molecule has 0 saturated carbocycles. The van der Waals surface area contributed by atoms with Crippen LogP contribution in [0.15, 0.2) is 35.7 Å². The summed E-state index contributed by atoms with van der Waals surface area (Å²) in [6.07, 6.45) is 3.04. The number of carbonyl (C=O) groups is 1. The van der Waals surface area contributed by atoms with E-state index >= 15 is 0 Å². The molecule has 4 rings (SSSR count). The Hall–Kier alpha value is -1.60. The molecular weight excluding hydrogens is 421 g/mol. The average Bonchev–Trinajstić information content (AvgIpc) is 3.24. The lowest BCUT2D eigenvalue weighted by molar-refractivity contribution is 0.0936. The Kier molecular flexibility index (Phi) is 7.28. The van der Waals surface area contributed by atoms with Gasteiger partial charge in [0, 0.05) is 5.69 Å². The van der Waals surface area contributed by atoms with Crippen LogP contribution in [0.3, 0.4) is 0 Å². The molecule has 2 aromatic heterocycles. The zero-order valence-corrected chi connectivity index (χ0v) is 18.0. The second-order valence-corrected chi connectivity index (χ2v) is 8.23. The summed E-state index contributed by atoms with van der Waals surface area (Å²) in [7, 11) is 0. The van der Waals surface area contributed by atoms with Crippen LogP contribution >= 0.6 is 47.5 Å². The first-order chi connectivity index (χ1) is 12.1. The van der Waals surface area contributed by atoms with Gasteiger partial charge in [-0.1, -0.05) is 12.1 Å². The van der Waals surface area contributed by atoms with Crippen molar-refractivity contribution in [3.8, 4) is 9.88 Å². The minimum atomic E-state index is -0.0347. The molecule has 1 atom stereocenters. The van der Waals surface area contributed by atoms with Gasteiger partial charge in [-0.05, 0) is 60.9 Å². The fraction of sp³-hybridized carbons (Fsp3) is 0.263. The van der Waals surface area contributed by atoms with Crippen LogP contribution in [-0.2, 0) is 6.42 Å². The molecule has 1 aliphatic carbocycles. The highest BCUT2D eigenvalue weighted by molar-refractivity contribution is 7.22. The summed E-state index contributed by atoms with van der Waals surface area (Å²) in [6, 6.07) is 10.1. The Labute approximate surface area is 179 Å². The molecule has 4 nitrogen and oxygen atoms in total. The number of benzene rings is 1. The first-order valence-electron chi connectivity index (χ1n) is 8.32. The van der Waals surface area contributed by atoms with Crippen molar-refractivity contribution < 1.29 is 4.79 Å². The number of halogens is 2. The van der Waals surface area contributed by atoms with Gasteiger partial charge < -0.3 is 11.1 Å². The van der Waals surface area contributed by atoms with E-state index in [-0.39, 0.29) is 36.8 Å². The van der Waals surface area contributed by atoms with Gasteiger partial charge in [-0.3, -0.25) is 4.79 Å². The number of nitrogens with zero attached hydrogens (tertiary/aromatic N) is 1. The SMILES string of the molecule is Cc1nc(-c2cccs2)sc1C(=O)NC1CCCc2cc(N)ccc21.Cl.Cl. The van der Waals surface area contributed by atoms with Crippen molar-refractivity contribution >= 4 is 59.1 Å². The number of amides is 1. The Morgan fingerprint density at radius 3 is 2.85 bits per heavy atom. The van der Waals surface area contributed by atoms with E-state index in [2.05, 4.69) is 10.3 Å². The Morgan fingerprint density at radius 2 is 2.11 bits per heavy atom. The summed E-state index contributed by atoms with van der Waals surface area (Å²) < 4.78 is 0. The maximum Gasteiger partial charge on any atom is 0.263 e. The van der Waals surface area contributed by atoms with Crippen LogP contribution in [0.1, 0.15) is 45.4 Å². The fourth-order valence-electron chi connectivity index (χ4n) is 3.32. The number of nitrogens with two attached hydrogens (primary N) is 1. The van der Waals surface area contributed by atoms with Crippen LogP contribution < -0.4 is 11.1 Å². The second-order valence-electron chi connectivity index (χ2n) is 6.29. The smallest absolute Gasteiger partial charge is 0.263 e. The summed E-state index contributed by atoms with van der Waals surface area (Å²) in [6.45, 7) is 1.90. The Morgan fingerprint density at radius 1 is 1.30 bits per heavy atom. The fourth-order valence-corrected chi connectivity index (χ4v) is 5.09. The monoisotopic (exact) mass is 441 g/mol. The standard InChI is InChI=1S/C19H19N3OS2.2ClH/c1-11-17(25-19(21-11)16-6-3-9-24-16)18(23)22-15-5-2-4-12-10-13(20)7-8-14(12)15;;/h3,6-10,15H,2,4-5,20H2,1H3,(H,22,23);2*1H. The van der Waals surface area contributed by atoms with E-state index in [0.29, 0.717) is 4.88 Å². The predicted octanol–water partition coefficient (Wildman–Crippen LogP) is 5.41. The van der Waals surface area contributed by atoms with Gasteiger partial charge in [-0.2, -0.15) is 0 Å². The number of hydrogen-bond donors (Lipinski definition) is 2. The summed E-state index contributed by atoms with van der Waals surface area (Å²) >= 11 is 3.11. The highest BCUT2D eigenvalue weighted by atomic mass is 35.5. The zero-order chi connectivity index (χ0) is 17.4. The van der Waals surface area contributed by atoms with Crippen molar-refractivity contribution in [2.24, 2.45) is 0 Å². The van der Waals surface area contributed by atoms with Crippen molar-refractivity contribution in [2.75, 3.05) is 5.73 Å². The van der Waals surface area contributed by atoms with E-state index < -0.39 is 0 Å². The normalized spacial score (nSPS) is 15.2. The average molecular weight is 442 g/mol. The molecule has 1 aliphatic rings. The molecule has 1 unspecified atom stereocenters. The van der Waals surface area contributed by atoms with Gasteiger partial charge in [0.15, 0.2) is 0 Å². The Bertz CT molecular complexity index is 925. The third-order valence-corrected chi connectivity index (χ3v) is 6.72. The van der Waals surface area contributed by atoms with Gasteiger partial charge >= 0.3 is 0 Å².